The van der Waals surface area contributed by atoms with Gasteiger partial charge in [0.1, 0.15) is 5.75 Å². The second-order valence-corrected chi connectivity index (χ2v) is 5.95. The minimum Gasteiger partial charge on any atom is -0.497 e. The zero-order valence-electron chi connectivity index (χ0n) is 12.4. The van der Waals surface area contributed by atoms with Gasteiger partial charge in [0.25, 0.3) is 0 Å². The monoisotopic (exact) mass is 309 g/mol. The SMILES string of the molecule is COc1ccc(SCC(=O)NCCN2CCNCC2)cc1. The molecule has 6 heteroatoms. The molecular formula is C15H23N3O2S. The van der Waals surface area contributed by atoms with Crippen molar-refractivity contribution in [3.05, 3.63) is 24.3 Å². The zero-order valence-corrected chi connectivity index (χ0v) is 13.2. The molecule has 2 N–H and O–H groups in total. The molecule has 21 heavy (non-hydrogen) atoms. The van der Waals surface area contributed by atoms with E-state index in [1.165, 1.54) is 0 Å². The summed E-state index contributed by atoms with van der Waals surface area (Å²) in [7, 11) is 1.65. The van der Waals surface area contributed by atoms with Crippen LogP contribution in [0.1, 0.15) is 0 Å². The van der Waals surface area contributed by atoms with E-state index in [-0.39, 0.29) is 5.91 Å². The number of ether oxygens (including phenoxy) is 1. The lowest BCUT2D eigenvalue weighted by Gasteiger charge is -2.27. The number of piperazine rings is 1. The maximum absolute atomic E-state index is 11.8. The van der Waals surface area contributed by atoms with E-state index in [1.807, 2.05) is 24.3 Å². The molecule has 1 fully saturated rings. The Bertz CT molecular complexity index is 433. The van der Waals surface area contributed by atoms with Crippen molar-refractivity contribution in [1.29, 1.82) is 0 Å². The molecule has 0 aromatic heterocycles. The van der Waals surface area contributed by atoms with Crippen molar-refractivity contribution in [3.63, 3.8) is 0 Å². The predicted octanol–water partition coefficient (Wildman–Crippen LogP) is 0.809. The molecule has 5 nitrogen and oxygen atoms in total. The number of amides is 1. The van der Waals surface area contributed by atoms with Crippen LogP contribution in [-0.4, -0.2) is 62.9 Å². The van der Waals surface area contributed by atoms with Crippen LogP contribution in [0.5, 0.6) is 5.75 Å². The first-order chi connectivity index (χ1) is 10.3. The van der Waals surface area contributed by atoms with E-state index in [2.05, 4.69) is 15.5 Å². The Morgan fingerprint density at radius 3 is 2.71 bits per heavy atom. The molecule has 1 aliphatic heterocycles. The fourth-order valence-electron chi connectivity index (χ4n) is 2.16. The highest BCUT2D eigenvalue weighted by molar-refractivity contribution is 8.00. The van der Waals surface area contributed by atoms with Crippen LogP contribution >= 0.6 is 11.8 Å². The van der Waals surface area contributed by atoms with Gasteiger partial charge in [-0.05, 0) is 24.3 Å². The van der Waals surface area contributed by atoms with Crippen molar-refractivity contribution < 1.29 is 9.53 Å². The number of methoxy groups -OCH3 is 1. The van der Waals surface area contributed by atoms with Gasteiger partial charge in [-0.15, -0.1) is 11.8 Å². The minimum atomic E-state index is 0.0888. The lowest BCUT2D eigenvalue weighted by atomic mass is 10.3. The van der Waals surface area contributed by atoms with Crippen molar-refractivity contribution in [2.45, 2.75) is 4.90 Å². The van der Waals surface area contributed by atoms with Gasteiger partial charge in [-0.2, -0.15) is 0 Å². The van der Waals surface area contributed by atoms with Crippen LogP contribution in [0.25, 0.3) is 0 Å². The number of carbonyl (C=O) groups is 1. The summed E-state index contributed by atoms with van der Waals surface area (Å²) < 4.78 is 5.11. The molecule has 116 valence electrons. The summed E-state index contributed by atoms with van der Waals surface area (Å²) in [5.74, 6) is 1.37. The van der Waals surface area contributed by atoms with E-state index in [1.54, 1.807) is 18.9 Å². The van der Waals surface area contributed by atoms with Crippen LogP contribution in [0.2, 0.25) is 0 Å². The highest BCUT2D eigenvalue weighted by Gasteiger charge is 2.09. The third-order valence-corrected chi connectivity index (χ3v) is 4.40. The molecule has 1 aromatic rings. The Morgan fingerprint density at radius 2 is 2.05 bits per heavy atom. The van der Waals surface area contributed by atoms with Crippen LogP contribution in [-0.2, 0) is 4.79 Å². The Hall–Kier alpha value is -1.24. The summed E-state index contributed by atoms with van der Waals surface area (Å²) in [6.45, 7) is 5.87. The highest BCUT2D eigenvalue weighted by atomic mass is 32.2. The van der Waals surface area contributed by atoms with Gasteiger partial charge >= 0.3 is 0 Å². The summed E-state index contributed by atoms with van der Waals surface area (Å²) in [6.07, 6.45) is 0. The van der Waals surface area contributed by atoms with Crippen molar-refractivity contribution in [2.24, 2.45) is 0 Å². The molecule has 0 spiro atoms. The van der Waals surface area contributed by atoms with E-state index in [0.717, 1.165) is 49.9 Å². The van der Waals surface area contributed by atoms with E-state index in [4.69, 9.17) is 4.74 Å². The van der Waals surface area contributed by atoms with Gasteiger partial charge in [0.15, 0.2) is 0 Å². The summed E-state index contributed by atoms with van der Waals surface area (Å²) in [6, 6.07) is 7.75. The Labute approximate surface area is 130 Å². The summed E-state index contributed by atoms with van der Waals surface area (Å²) in [5.41, 5.74) is 0. The molecule has 0 unspecified atom stereocenters. The molecular weight excluding hydrogens is 286 g/mol. The van der Waals surface area contributed by atoms with Gasteiger partial charge in [0.2, 0.25) is 5.91 Å². The molecule has 0 aliphatic carbocycles. The summed E-state index contributed by atoms with van der Waals surface area (Å²) >= 11 is 1.54. The van der Waals surface area contributed by atoms with E-state index in [0.29, 0.717) is 5.75 Å². The minimum absolute atomic E-state index is 0.0888. The van der Waals surface area contributed by atoms with Crippen LogP contribution in [0, 0.1) is 0 Å². The third kappa shape index (κ3) is 5.95. The maximum atomic E-state index is 11.8. The van der Waals surface area contributed by atoms with Gasteiger partial charge in [-0.3, -0.25) is 9.69 Å². The second kappa shape index (κ2) is 8.92. The van der Waals surface area contributed by atoms with Gasteiger partial charge in [-0.25, -0.2) is 0 Å². The first-order valence-corrected chi connectivity index (χ1v) is 8.23. The number of nitrogens with one attached hydrogen (secondary N) is 2. The predicted molar refractivity (Wildman–Crippen MR) is 86.0 cm³/mol. The molecule has 1 amide bonds. The van der Waals surface area contributed by atoms with Crippen LogP contribution in [0.15, 0.2) is 29.2 Å². The molecule has 1 aliphatic rings. The number of hydrogen-bond acceptors (Lipinski definition) is 5. The Kier molecular flexibility index (Phi) is 6.85. The largest absolute Gasteiger partial charge is 0.497 e. The Balaban J connectivity index is 1.60. The Morgan fingerprint density at radius 1 is 1.33 bits per heavy atom. The summed E-state index contributed by atoms with van der Waals surface area (Å²) in [5, 5.41) is 6.30. The quantitative estimate of drug-likeness (QED) is 0.730. The van der Waals surface area contributed by atoms with E-state index in [9.17, 15) is 4.79 Å². The van der Waals surface area contributed by atoms with E-state index < -0.39 is 0 Å². The van der Waals surface area contributed by atoms with Crippen LogP contribution < -0.4 is 15.4 Å². The van der Waals surface area contributed by atoms with Crippen molar-refractivity contribution >= 4 is 17.7 Å². The topological polar surface area (TPSA) is 53.6 Å². The number of hydrogen-bond donors (Lipinski definition) is 2. The molecule has 0 radical (unpaired) electrons. The first kappa shape index (κ1) is 16.1. The van der Waals surface area contributed by atoms with Gasteiger partial charge in [-0.1, -0.05) is 0 Å². The van der Waals surface area contributed by atoms with Crippen LogP contribution in [0.3, 0.4) is 0 Å². The molecule has 2 rings (SSSR count). The number of thioether (sulfide) groups is 1. The van der Waals surface area contributed by atoms with Gasteiger partial charge < -0.3 is 15.4 Å². The third-order valence-electron chi connectivity index (χ3n) is 3.39. The molecule has 1 heterocycles. The molecule has 0 saturated carbocycles. The first-order valence-electron chi connectivity index (χ1n) is 7.24. The molecule has 0 bridgehead atoms. The standard InChI is InChI=1S/C15H23N3O2S/c1-20-13-2-4-14(5-3-13)21-12-15(19)17-8-11-18-9-6-16-7-10-18/h2-5,16H,6-12H2,1H3,(H,17,19). The molecule has 1 saturated heterocycles. The van der Waals surface area contributed by atoms with Gasteiger partial charge in [0, 0.05) is 44.2 Å². The average Bonchev–Trinajstić information content (AvgIpc) is 2.54. The van der Waals surface area contributed by atoms with Crippen molar-refractivity contribution in [2.75, 3.05) is 52.1 Å². The van der Waals surface area contributed by atoms with Gasteiger partial charge in [0.05, 0.1) is 12.9 Å². The molecule has 1 aromatic carbocycles. The zero-order chi connectivity index (χ0) is 14.9. The summed E-state index contributed by atoms with van der Waals surface area (Å²) in [4.78, 5) is 15.2. The van der Waals surface area contributed by atoms with Crippen LogP contribution in [0.4, 0.5) is 0 Å². The molecule has 0 atom stereocenters. The number of rotatable bonds is 7. The highest BCUT2D eigenvalue weighted by Crippen LogP contribution is 2.20. The van der Waals surface area contributed by atoms with E-state index >= 15 is 0 Å². The smallest absolute Gasteiger partial charge is 0.230 e. The number of nitrogens with zero attached hydrogens (tertiary/aromatic N) is 1. The maximum Gasteiger partial charge on any atom is 0.230 e. The second-order valence-electron chi connectivity index (χ2n) is 4.91. The fourth-order valence-corrected chi connectivity index (χ4v) is 2.89. The van der Waals surface area contributed by atoms with Crippen molar-refractivity contribution in [3.8, 4) is 5.75 Å². The lowest BCUT2D eigenvalue weighted by molar-refractivity contribution is -0.118. The van der Waals surface area contributed by atoms with Crippen molar-refractivity contribution in [1.82, 2.24) is 15.5 Å². The average molecular weight is 309 g/mol. The number of benzene rings is 1. The normalized spacial score (nSPS) is 15.7. The lowest BCUT2D eigenvalue weighted by Crippen LogP contribution is -2.46. The fraction of sp³-hybridized carbons (Fsp3) is 0.533. The number of carbonyl (C=O) groups excluding carboxylic acids is 1.